The Morgan fingerprint density at radius 3 is 2.56 bits per heavy atom. The van der Waals surface area contributed by atoms with E-state index in [4.69, 9.17) is 0 Å². The zero-order valence-corrected chi connectivity index (χ0v) is 12.1. The Bertz CT molecular complexity index is 390. The van der Waals surface area contributed by atoms with Crippen LogP contribution in [0.1, 0.15) is 25.7 Å². The number of hydrogen-bond donors (Lipinski definition) is 1. The zero-order chi connectivity index (χ0) is 13.0. The van der Waals surface area contributed by atoms with Gasteiger partial charge in [0, 0.05) is 26.9 Å². The summed E-state index contributed by atoms with van der Waals surface area (Å²) < 4.78 is 0. The molecule has 0 atom stereocenters. The van der Waals surface area contributed by atoms with Crippen molar-refractivity contribution in [3.63, 3.8) is 0 Å². The summed E-state index contributed by atoms with van der Waals surface area (Å²) in [6.45, 7) is 0. The predicted octanol–water partition coefficient (Wildman–Crippen LogP) is 2.26. The fourth-order valence-corrected chi connectivity index (χ4v) is 3.11. The normalized spacial score (nSPS) is 15.9. The van der Waals surface area contributed by atoms with E-state index in [1.165, 1.54) is 25.7 Å². The van der Waals surface area contributed by atoms with E-state index in [0.29, 0.717) is 11.9 Å². The van der Waals surface area contributed by atoms with E-state index in [0.717, 1.165) is 16.8 Å². The molecule has 1 aliphatic carbocycles. The molecule has 0 saturated heterocycles. The molecule has 1 fully saturated rings. The van der Waals surface area contributed by atoms with Crippen molar-refractivity contribution in [2.45, 2.75) is 30.8 Å². The predicted molar refractivity (Wildman–Crippen MR) is 76.4 cm³/mol. The maximum Gasteiger partial charge on any atom is 0.230 e. The smallest absolute Gasteiger partial charge is 0.230 e. The number of hydrogen-bond acceptors (Lipinski definition) is 6. The number of rotatable bonds is 5. The van der Waals surface area contributed by atoms with Crippen LogP contribution in [-0.2, 0) is 0 Å². The summed E-state index contributed by atoms with van der Waals surface area (Å²) in [5, 5.41) is 3.81. The van der Waals surface area contributed by atoms with Crippen LogP contribution in [0.25, 0.3) is 0 Å². The molecule has 0 amide bonds. The second kappa shape index (κ2) is 6.22. The lowest BCUT2D eigenvalue weighted by atomic mass is 10.1. The van der Waals surface area contributed by atoms with E-state index in [2.05, 4.69) is 20.3 Å². The number of nitrogens with one attached hydrogen (secondary N) is 1. The molecule has 1 aromatic rings. The Hall–Kier alpha value is -1.04. The fraction of sp³-hybridized carbons (Fsp3) is 0.750. The molecular formula is C12H21N5S. The molecule has 0 radical (unpaired) electrons. The van der Waals surface area contributed by atoms with Crippen molar-refractivity contribution in [2.24, 2.45) is 5.92 Å². The van der Waals surface area contributed by atoms with Gasteiger partial charge in [0.05, 0.1) is 0 Å². The number of thioether (sulfide) groups is 1. The molecule has 5 nitrogen and oxygen atoms in total. The maximum absolute atomic E-state index is 4.47. The van der Waals surface area contributed by atoms with Gasteiger partial charge < -0.3 is 10.2 Å². The third-order valence-electron chi connectivity index (χ3n) is 3.15. The minimum absolute atomic E-state index is 0.641. The van der Waals surface area contributed by atoms with Crippen molar-refractivity contribution in [3.05, 3.63) is 0 Å². The van der Waals surface area contributed by atoms with Gasteiger partial charge in [-0.25, -0.2) is 0 Å². The molecule has 1 heterocycles. The largest absolute Gasteiger partial charge is 0.357 e. The Morgan fingerprint density at radius 1 is 1.22 bits per heavy atom. The molecule has 1 N–H and O–H groups in total. The van der Waals surface area contributed by atoms with Gasteiger partial charge in [-0.2, -0.15) is 15.0 Å². The second-order valence-corrected chi connectivity index (χ2v) is 5.83. The van der Waals surface area contributed by atoms with E-state index in [-0.39, 0.29) is 0 Å². The van der Waals surface area contributed by atoms with Gasteiger partial charge in [-0.1, -0.05) is 24.6 Å². The molecule has 1 aromatic heterocycles. The lowest BCUT2D eigenvalue weighted by Crippen LogP contribution is -2.15. The summed E-state index contributed by atoms with van der Waals surface area (Å²) in [4.78, 5) is 15.1. The second-order valence-electron chi connectivity index (χ2n) is 4.85. The minimum atomic E-state index is 0.641. The number of anilines is 2. The molecule has 0 aliphatic heterocycles. The molecule has 1 aliphatic rings. The zero-order valence-electron chi connectivity index (χ0n) is 11.3. The van der Waals surface area contributed by atoms with E-state index in [1.54, 1.807) is 11.8 Å². The minimum Gasteiger partial charge on any atom is -0.357 e. The maximum atomic E-state index is 4.47. The van der Waals surface area contributed by atoms with Crippen LogP contribution in [0.2, 0.25) is 0 Å². The van der Waals surface area contributed by atoms with Crippen molar-refractivity contribution in [2.75, 3.05) is 37.1 Å². The molecule has 0 aromatic carbocycles. The van der Waals surface area contributed by atoms with Crippen LogP contribution in [0.15, 0.2) is 5.16 Å². The van der Waals surface area contributed by atoms with Gasteiger partial charge in [0.25, 0.3) is 0 Å². The van der Waals surface area contributed by atoms with Crippen molar-refractivity contribution in [1.82, 2.24) is 15.0 Å². The first-order chi connectivity index (χ1) is 8.69. The average molecular weight is 267 g/mol. The molecule has 1 saturated carbocycles. The molecule has 100 valence electrons. The summed E-state index contributed by atoms with van der Waals surface area (Å²) in [5.41, 5.74) is 0. The molecule has 0 spiro atoms. The number of nitrogens with zero attached hydrogens (tertiary/aromatic N) is 4. The van der Waals surface area contributed by atoms with Crippen LogP contribution in [-0.4, -0.2) is 41.8 Å². The van der Waals surface area contributed by atoms with E-state index in [9.17, 15) is 0 Å². The highest BCUT2D eigenvalue weighted by Gasteiger charge is 2.16. The fourth-order valence-electron chi connectivity index (χ4n) is 2.09. The highest BCUT2D eigenvalue weighted by Crippen LogP contribution is 2.30. The molecule has 6 heteroatoms. The van der Waals surface area contributed by atoms with Crippen LogP contribution in [0.4, 0.5) is 11.9 Å². The van der Waals surface area contributed by atoms with Crippen molar-refractivity contribution < 1.29 is 0 Å². The highest BCUT2D eigenvalue weighted by atomic mass is 32.2. The van der Waals surface area contributed by atoms with E-state index < -0.39 is 0 Å². The van der Waals surface area contributed by atoms with E-state index >= 15 is 0 Å². The molecule has 2 rings (SSSR count). The number of aromatic nitrogens is 3. The van der Waals surface area contributed by atoms with Gasteiger partial charge in [0.2, 0.25) is 11.9 Å². The quantitative estimate of drug-likeness (QED) is 0.826. The van der Waals surface area contributed by atoms with Crippen molar-refractivity contribution >= 4 is 23.7 Å². The van der Waals surface area contributed by atoms with Crippen molar-refractivity contribution in [1.29, 1.82) is 0 Å². The Kier molecular flexibility index (Phi) is 4.63. The van der Waals surface area contributed by atoms with Crippen LogP contribution < -0.4 is 10.2 Å². The van der Waals surface area contributed by atoms with Gasteiger partial charge >= 0.3 is 0 Å². The monoisotopic (exact) mass is 267 g/mol. The van der Waals surface area contributed by atoms with Gasteiger partial charge in [-0.05, 0) is 18.8 Å². The lowest BCUT2D eigenvalue weighted by molar-refractivity contribution is 0.622. The van der Waals surface area contributed by atoms with Gasteiger partial charge in [-0.15, -0.1) is 0 Å². The van der Waals surface area contributed by atoms with E-state index in [1.807, 2.05) is 26.0 Å². The Balaban J connectivity index is 2.03. The van der Waals surface area contributed by atoms with Gasteiger partial charge in [0.15, 0.2) is 5.16 Å². The van der Waals surface area contributed by atoms with Gasteiger partial charge in [-0.3, -0.25) is 0 Å². The first-order valence-corrected chi connectivity index (χ1v) is 7.41. The Labute approximate surface area is 113 Å². The molecular weight excluding hydrogens is 246 g/mol. The molecule has 0 bridgehead atoms. The summed E-state index contributed by atoms with van der Waals surface area (Å²) in [5.74, 6) is 3.32. The molecule has 0 unspecified atom stereocenters. The Morgan fingerprint density at radius 2 is 1.94 bits per heavy atom. The molecule has 18 heavy (non-hydrogen) atoms. The first-order valence-electron chi connectivity index (χ1n) is 6.43. The SMILES string of the molecule is CNc1nc(SCC2CCCC2)nc(N(C)C)n1. The van der Waals surface area contributed by atoms with Crippen LogP contribution in [0.3, 0.4) is 0 Å². The average Bonchev–Trinajstić information content (AvgIpc) is 2.89. The third kappa shape index (κ3) is 3.48. The van der Waals surface area contributed by atoms with Gasteiger partial charge in [0.1, 0.15) is 0 Å². The highest BCUT2D eigenvalue weighted by molar-refractivity contribution is 7.99. The summed E-state index contributed by atoms with van der Waals surface area (Å²) >= 11 is 1.75. The van der Waals surface area contributed by atoms with Crippen LogP contribution in [0, 0.1) is 5.92 Å². The third-order valence-corrected chi connectivity index (χ3v) is 4.23. The van der Waals surface area contributed by atoms with Crippen LogP contribution >= 0.6 is 11.8 Å². The lowest BCUT2D eigenvalue weighted by Gasteiger charge is -2.13. The summed E-state index contributed by atoms with van der Waals surface area (Å²) in [7, 11) is 5.72. The summed E-state index contributed by atoms with van der Waals surface area (Å²) in [6.07, 6.45) is 5.48. The summed E-state index contributed by atoms with van der Waals surface area (Å²) in [6, 6.07) is 0. The first kappa shape index (κ1) is 13.4. The van der Waals surface area contributed by atoms with Crippen molar-refractivity contribution in [3.8, 4) is 0 Å². The van der Waals surface area contributed by atoms with Crippen LogP contribution in [0.5, 0.6) is 0 Å². The standard InChI is InChI=1S/C12H21N5S/c1-13-10-14-11(17(2)3)16-12(15-10)18-8-9-6-4-5-7-9/h9H,4-8H2,1-3H3,(H,13,14,15,16). The topological polar surface area (TPSA) is 53.9 Å².